The first-order chi connectivity index (χ1) is 6.91. The first-order valence-electron chi connectivity index (χ1n) is 4.63. The molecule has 0 unspecified atom stereocenters. The highest BCUT2D eigenvalue weighted by molar-refractivity contribution is 9.10. The van der Waals surface area contributed by atoms with Crippen molar-refractivity contribution < 1.29 is 4.79 Å². The number of amides is 1. The van der Waals surface area contributed by atoms with E-state index >= 15 is 0 Å². The average Bonchev–Trinajstić information content (AvgIpc) is 2.42. The highest BCUT2D eigenvalue weighted by atomic mass is 79.9. The maximum absolute atomic E-state index is 12.0. The van der Waals surface area contributed by atoms with Gasteiger partial charge in [-0.25, -0.2) is 0 Å². The highest BCUT2D eigenvalue weighted by Gasteiger charge is 2.15. The van der Waals surface area contributed by atoms with Crippen LogP contribution >= 0.6 is 15.9 Å². The Labute approximate surface area is 98.5 Å². The number of rotatable bonds is 3. The molecule has 0 fully saturated rings. The van der Waals surface area contributed by atoms with Crippen molar-refractivity contribution >= 4 is 21.8 Å². The van der Waals surface area contributed by atoms with Crippen molar-refractivity contribution in [2.24, 2.45) is 7.05 Å². The first kappa shape index (κ1) is 12.0. The van der Waals surface area contributed by atoms with Gasteiger partial charge in [-0.2, -0.15) is 0 Å². The minimum Gasteiger partial charge on any atom is -0.345 e. The second-order valence-electron chi connectivity index (χ2n) is 3.77. The number of hydrogen-bond donors (Lipinski definition) is 0. The van der Waals surface area contributed by atoms with Gasteiger partial charge in [-0.15, -0.1) is 0 Å². The number of halogens is 1. The molecule has 0 aromatic carbocycles. The van der Waals surface area contributed by atoms with E-state index in [0.717, 1.165) is 10.0 Å². The maximum atomic E-state index is 12.0. The number of aromatic nitrogens is 1. The molecule has 1 aromatic heterocycles. The summed E-state index contributed by atoms with van der Waals surface area (Å²) in [5.74, 6) is 0.00574. The number of likely N-dealkylation sites (N-methyl/N-ethyl adjacent to an activating group) is 1. The van der Waals surface area contributed by atoms with Gasteiger partial charge in [0.15, 0.2) is 0 Å². The van der Waals surface area contributed by atoms with Crippen molar-refractivity contribution in [2.75, 3.05) is 13.6 Å². The SMILES string of the molecule is C=C(C)CN(C)C(=O)c1cc(Br)cn1C. The monoisotopic (exact) mass is 270 g/mol. The number of carbonyl (C=O) groups is 1. The zero-order chi connectivity index (χ0) is 11.6. The van der Waals surface area contributed by atoms with Crippen LogP contribution in [0.25, 0.3) is 0 Å². The largest absolute Gasteiger partial charge is 0.345 e. The minimum atomic E-state index is 0.00574. The minimum absolute atomic E-state index is 0.00574. The fourth-order valence-electron chi connectivity index (χ4n) is 1.41. The van der Waals surface area contributed by atoms with Crippen LogP contribution in [0.2, 0.25) is 0 Å². The summed E-state index contributed by atoms with van der Waals surface area (Å²) in [5.41, 5.74) is 1.64. The summed E-state index contributed by atoms with van der Waals surface area (Å²) >= 11 is 3.34. The standard InChI is InChI=1S/C11H15BrN2O/c1-8(2)6-14(4)11(15)10-5-9(12)7-13(10)3/h5,7H,1,6H2,2-4H3. The van der Waals surface area contributed by atoms with Crippen LogP contribution in [-0.2, 0) is 7.05 Å². The van der Waals surface area contributed by atoms with Gasteiger partial charge in [0.1, 0.15) is 5.69 Å². The van der Waals surface area contributed by atoms with E-state index in [9.17, 15) is 4.79 Å². The third-order valence-electron chi connectivity index (χ3n) is 2.04. The molecule has 1 amide bonds. The maximum Gasteiger partial charge on any atom is 0.270 e. The Kier molecular flexibility index (Phi) is 3.74. The van der Waals surface area contributed by atoms with Gasteiger partial charge in [-0.3, -0.25) is 4.79 Å². The summed E-state index contributed by atoms with van der Waals surface area (Å²) in [6, 6.07) is 1.82. The summed E-state index contributed by atoms with van der Waals surface area (Å²) in [7, 11) is 3.63. The van der Waals surface area contributed by atoms with E-state index in [2.05, 4.69) is 22.5 Å². The van der Waals surface area contributed by atoms with Gasteiger partial charge < -0.3 is 9.47 Å². The number of aryl methyl sites for hydroxylation is 1. The third kappa shape index (κ3) is 2.96. The van der Waals surface area contributed by atoms with Gasteiger partial charge in [0, 0.05) is 31.3 Å². The van der Waals surface area contributed by atoms with Crippen molar-refractivity contribution in [3.05, 3.63) is 34.6 Å². The molecule has 0 spiro atoms. The summed E-state index contributed by atoms with van der Waals surface area (Å²) in [6.07, 6.45) is 1.86. The molecule has 0 saturated heterocycles. The zero-order valence-electron chi connectivity index (χ0n) is 9.25. The van der Waals surface area contributed by atoms with Crippen molar-refractivity contribution in [1.82, 2.24) is 9.47 Å². The molecular weight excluding hydrogens is 256 g/mol. The van der Waals surface area contributed by atoms with Crippen LogP contribution in [0.3, 0.4) is 0 Å². The molecule has 0 saturated carbocycles. The number of carbonyl (C=O) groups excluding carboxylic acids is 1. The van der Waals surface area contributed by atoms with E-state index in [1.165, 1.54) is 0 Å². The molecule has 3 nitrogen and oxygen atoms in total. The molecule has 0 bridgehead atoms. The van der Waals surface area contributed by atoms with Gasteiger partial charge in [0.05, 0.1) is 0 Å². The molecule has 0 N–H and O–H groups in total. The normalized spacial score (nSPS) is 10.1. The van der Waals surface area contributed by atoms with Crippen LogP contribution in [-0.4, -0.2) is 29.0 Å². The molecule has 0 radical (unpaired) electrons. The fraction of sp³-hybridized carbons (Fsp3) is 0.364. The fourth-order valence-corrected chi connectivity index (χ4v) is 1.93. The summed E-state index contributed by atoms with van der Waals surface area (Å²) < 4.78 is 2.72. The van der Waals surface area contributed by atoms with Crippen LogP contribution < -0.4 is 0 Å². The molecule has 0 aliphatic carbocycles. The molecule has 82 valence electrons. The quantitative estimate of drug-likeness (QED) is 0.775. The Hall–Kier alpha value is -1.03. The molecule has 1 rings (SSSR count). The molecule has 0 atom stereocenters. The highest BCUT2D eigenvalue weighted by Crippen LogP contribution is 2.15. The molecule has 15 heavy (non-hydrogen) atoms. The second-order valence-corrected chi connectivity index (χ2v) is 4.69. The number of hydrogen-bond acceptors (Lipinski definition) is 1. The molecule has 1 aromatic rings. The van der Waals surface area contributed by atoms with Gasteiger partial charge in [-0.1, -0.05) is 12.2 Å². The lowest BCUT2D eigenvalue weighted by Crippen LogP contribution is -2.29. The van der Waals surface area contributed by atoms with Crippen LogP contribution in [0.1, 0.15) is 17.4 Å². The van der Waals surface area contributed by atoms with Crippen LogP contribution in [0, 0.1) is 0 Å². The number of nitrogens with zero attached hydrogens (tertiary/aromatic N) is 2. The van der Waals surface area contributed by atoms with Gasteiger partial charge in [0.2, 0.25) is 0 Å². The smallest absolute Gasteiger partial charge is 0.270 e. The second kappa shape index (κ2) is 4.66. The predicted octanol–water partition coefficient (Wildman–Crippen LogP) is 2.44. The van der Waals surface area contributed by atoms with Crippen molar-refractivity contribution in [2.45, 2.75) is 6.92 Å². The predicted molar refractivity (Wildman–Crippen MR) is 64.9 cm³/mol. The van der Waals surface area contributed by atoms with E-state index in [-0.39, 0.29) is 5.91 Å². The Morgan fingerprint density at radius 3 is 2.67 bits per heavy atom. The lowest BCUT2D eigenvalue weighted by Gasteiger charge is -2.17. The molecule has 4 heteroatoms. The average molecular weight is 271 g/mol. The Morgan fingerprint density at radius 1 is 1.67 bits per heavy atom. The van der Waals surface area contributed by atoms with E-state index in [0.29, 0.717) is 12.2 Å². The van der Waals surface area contributed by atoms with Crippen LogP contribution in [0.5, 0.6) is 0 Å². The lowest BCUT2D eigenvalue weighted by atomic mass is 10.3. The first-order valence-corrected chi connectivity index (χ1v) is 5.43. The summed E-state index contributed by atoms with van der Waals surface area (Å²) in [5, 5.41) is 0. The van der Waals surface area contributed by atoms with Gasteiger partial charge in [-0.05, 0) is 28.9 Å². The van der Waals surface area contributed by atoms with E-state index < -0.39 is 0 Å². The molecular formula is C11H15BrN2O. The van der Waals surface area contributed by atoms with Gasteiger partial charge >= 0.3 is 0 Å². The van der Waals surface area contributed by atoms with E-state index in [1.807, 2.05) is 26.2 Å². The van der Waals surface area contributed by atoms with Crippen molar-refractivity contribution in [3.63, 3.8) is 0 Å². The van der Waals surface area contributed by atoms with Gasteiger partial charge in [0.25, 0.3) is 5.91 Å². The van der Waals surface area contributed by atoms with Crippen molar-refractivity contribution in [1.29, 1.82) is 0 Å². The zero-order valence-corrected chi connectivity index (χ0v) is 10.8. The summed E-state index contributed by atoms with van der Waals surface area (Å²) in [6.45, 7) is 6.28. The summed E-state index contributed by atoms with van der Waals surface area (Å²) in [4.78, 5) is 13.6. The Morgan fingerprint density at radius 2 is 2.27 bits per heavy atom. The van der Waals surface area contributed by atoms with E-state index in [4.69, 9.17) is 0 Å². The molecule has 1 heterocycles. The Balaban J connectivity index is 2.84. The van der Waals surface area contributed by atoms with E-state index in [1.54, 1.807) is 16.5 Å². The molecule has 0 aliphatic heterocycles. The topological polar surface area (TPSA) is 25.2 Å². The van der Waals surface area contributed by atoms with Crippen LogP contribution in [0.4, 0.5) is 0 Å². The third-order valence-corrected chi connectivity index (χ3v) is 2.48. The van der Waals surface area contributed by atoms with Crippen molar-refractivity contribution in [3.8, 4) is 0 Å². The lowest BCUT2D eigenvalue weighted by molar-refractivity contribution is 0.0797. The molecule has 0 aliphatic rings. The Bertz CT molecular complexity index is 395. The van der Waals surface area contributed by atoms with Crippen LogP contribution in [0.15, 0.2) is 28.9 Å².